The van der Waals surface area contributed by atoms with E-state index < -0.39 is 11.9 Å². The number of benzene rings is 2. The number of halogens is 3. The first-order valence-corrected chi connectivity index (χ1v) is 5.48. The highest BCUT2D eigenvalue weighted by Crippen LogP contribution is 2.30. The molecule has 0 saturated heterocycles. The van der Waals surface area contributed by atoms with E-state index in [1.54, 1.807) is 6.07 Å². The molecule has 98 valence electrons. The number of aromatic hydroxyl groups is 1. The highest BCUT2D eigenvalue weighted by molar-refractivity contribution is 6.06. The van der Waals surface area contributed by atoms with E-state index in [2.05, 4.69) is 4.99 Å². The number of rotatable bonds is 2. The predicted octanol–water partition coefficient (Wildman–Crippen LogP) is 4.08. The Morgan fingerprint density at radius 2 is 1.47 bits per heavy atom. The topological polar surface area (TPSA) is 32.6 Å². The molecule has 0 radical (unpaired) electrons. The summed E-state index contributed by atoms with van der Waals surface area (Å²) in [5.41, 5.74) is -1.19. The minimum absolute atomic E-state index is 0.0433. The Hall–Kier alpha value is -2.30. The Bertz CT molecular complexity index is 591. The summed E-state index contributed by atoms with van der Waals surface area (Å²) in [6, 6.07) is 12.9. The fourth-order valence-electron chi connectivity index (χ4n) is 1.57. The van der Waals surface area contributed by atoms with E-state index in [1.165, 1.54) is 48.5 Å². The van der Waals surface area contributed by atoms with Crippen molar-refractivity contribution in [3.63, 3.8) is 0 Å². The number of para-hydroxylation sites is 2. The molecule has 0 aliphatic heterocycles. The lowest BCUT2D eigenvalue weighted by Crippen LogP contribution is -2.23. The van der Waals surface area contributed by atoms with Gasteiger partial charge in [-0.3, -0.25) is 0 Å². The molecule has 0 bridgehead atoms. The van der Waals surface area contributed by atoms with Crippen molar-refractivity contribution in [1.29, 1.82) is 0 Å². The fraction of sp³-hybridized carbons (Fsp3) is 0.0714. The van der Waals surface area contributed by atoms with Crippen LogP contribution in [0.5, 0.6) is 5.75 Å². The first-order chi connectivity index (χ1) is 8.98. The minimum atomic E-state index is -4.59. The molecule has 0 heterocycles. The second kappa shape index (κ2) is 5.14. The first-order valence-electron chi connectivity index (χ1n) is 5.48. The molecule has 0 saturated carbocycles. The highest BCUT2D eigenvalue weighted by atomic mass is 19.4. The zero-order valence-corrected chi connectivity index (χ0v) is 9.72. The van der Waals surface area contributed by atoms with Crippen LogP contribution in [0.2, 0.25) is 0 Å². The van der Waals surface area contributed by atoms with Crippen LogP contribution in [0.15, 0.2) is 59.6 Å². The standard InChI is InChI=1S/C14H10F3NO/c15-14(16,17)13(10-6-2-1-3-7-10)18-11-8-4-5-9-12(11)19/h1-9,19H. The average Bonchev–Trinajstić information content (AvgIpc) is 2.37. The third-order valence-corrected chi connectivity index (χ3v) is 2.43. The number of hydrogen-bond donors (Lipinski definition) is 1. The van der Waals surface area contributed by atoms with Gasteiger partial charge >= 0.3 is 6.18 Å². The molecule has 0 spiro atoms. The van der Waals surface area contributed by atoms with Crippen molar-refractivity contribution >= 4 is 11.4 Å². The molecule has 0 aliphatic carbocycles. The van der Waals surface area contributed by atoms with E-state index in [4.69, 9.17) is 0 Å². The van der Waals surface area contributed by atoms with Crippen molar-refractivity contribution in [3.8, 4) is 5.75 Å². The van der Waals surface area contributed by atoms with Gasteiger partial charge in [0.25, 0.3) is 0 Å². The molecule has 5 heteroatoms. The number of nitrogens with zero attached hydrogens (tertiary/aromatic N) is 1. The van der Waals surface area contributed by atoms with Crippen molar-refractivity contribution in [2.24, 2.45) is 4.99 Å². The van der Waals surface area contributed by atoms with Crippen molar-refractivity contribution in [2.45, 2.75) is 6.18 Å². The maximum Gasteiger partial charge on any atom is 0.433 e. The van der Waals surface area contributed by atoms with Gasteiger partial charge < -0.3 is 5.11 Å². The van der Waals surface area contributed by atoms with Crippen molar-refractivity contribution in [2.75, 3.05) is 0 Å². The molecule has 1 N–H and O–H groups in total. The second-order valence-electron chi connectivity index (χ2n) is 3.81. The number of aliphatic imine (C=N–C) groups is 1. The van der Waals surface area contributed by atoms with Gasteiger partial charge in [0.15, 0.2) is 5.71 Å². The third-order valence-electron chi connectivity index (χ3n) is 2.43. The van der Waals surface area contributed by atoms with E-state index >= 15 is 0 Å². The van der Waals surface area contributed by atoms with Crippen LogP contribution in [0.25, 0.3) is 0 Å². The fourth-order valence-corrected chi connectivity index (χ4v) is 1.57. The predicted molar refractivity (Wildman–Crippen MR) is 66.8 cm³/mol. The molecule has 0 fully saturated rings. The van der Waals surface area contributed by atoms with Gasteiger partial charge in [0.2, 0.25) is 0 Å². The monoisotopic (exact) mass is 265 g/mol. The molecule has 0 aliphatic rings. The van der Waals surface area contributed by atoms with Gasteiger partial charge in [0.05, 0.1) is 0 Å². The minimum Gasteiger partial charge on any atom is -0.506 e. The van der Waals surface area contributed by atoms with Gasteiger partial charge in [-0.05, 0) is 12.1 Å². The van der Waals surface area contributed by atoms with Crippen molar-refractivity contribution < 1.29 is 18.3 Å². The summed E-state index contributed by atoms with van der Waals surface area (Å²) >= 11 is 0. The molecule has 19 heavy (non-hydrogen) atoms. The Labute approximate surface area is 107 Å². The summed E-state index contributed by atoms with van der Waals surface area (Å²) in [7, 11) is 0. The summed E-state index contributed by atoms with van der Waals surface area (Å²) < 4.78 is 39.0. The van der Waals surface area contributed by atoms with Crippen LogP contribution in [0.4, 0.5) is 18.9 Å². The van der Waals surface area contributed by atoms with E-state index in [-0.39, 0.29) is 17.0 Å². The summed E-state index contributed by atoms with van der Waals surface area (Å²) in [5.74, 6) is -0.291. The quantitative estimate of drug-likeness (QED) is 0.815. The maximum absolute atomic E-state index is 13.0. The lowest BCUT2D eigenvalue weighted by molar-refractivity contribution is -0.0579. The Kier molecular flexibility index (Phi) is 3.55. The van der Waals surface area contributed by atoms with Crippen molar-refractivity contribution in [3.05, 3.63) is 60.2 Å². The van der Waals surface area contributed by atoms with Gasteiger partial charge in [-0.1, -0.05) is 42.5 Å². The Morgan fingerprint density at radius 3 is 2.05 bits per heavy atom. The molecule has 2 rings (SSSR count). The average molecular weight is 265 g/mol. The van der Waals surface area contributed by atoms with Crippen LogP contribution in [0.1, 0.15) is 5.56 Å². The van der Waals surface area contributed by atoms with E-state index in [9.17, 15) is 18.3 Å². The molecule has 0 unspecified atom stereocenters. The molecular formula is C14H10F3NO. The normalized spacial score (nSPS) is 12.5. The number of hydrogen-bond acceptors (Lipinski definition) is 2. The molecule has 0 atom stereocenters. The van der Waals surface area contributed by atoms with Crippen LogP contribution < -0.4 is 0 Å². The Morgan fingerprint density at radius 1 is 0.895 bits per heavy atom. The summed E-state index contributed by atoms with van der Waals surface area (Å²) in [5, 5.41) is 9.50. The van der Waals surface area contributed by atoms with Crippen LogP contribution >= 0.6 is 0 Å². The molecular weight excluding hydrogens is 255 g/mol. The molecule has 0 amide bonds. The molecule has 0 aromatic heterocycles. The first kappa shape index (κ1) is 13.1. The van der Waals surface area contributed by atoms with Crippen LogP contribution in [0, 0.1) is 0 Å². The van der Waals surface area contributed by atoms with E-state index in [0.29, 0.717) is 0 Å². The summed E-state index contributed by atoms with van der Waals surface area (Å²) in [6.07, 6.45) is -4.59. The SMILES string of the molecule is Oc1ccccc1N=C(c1ccccc1)C(F)(F)F. The summed E-state index contributed by atoms with van der Waals surface area (Å²) in [6.45, 7) is 0. The lowest BCUT2D eigenvalue weighted by atomic mass is 10.1. The molecule has 2 aromatic rings. The third kappa shape index (κ3) is 3.13. The van der Waals surface area contributed by atoms with E-state index in [0.717, 1.165) is 0 Å². The molecule has 2 nitrogen and oxygen atoms in total. The van der Waals surface area contributed by atoms with Gasteiger partial charge in [-0.25, -0.2) is 4.99 Å². The van der Waals surface area contributed by atoms with Gasteiger partial charge in [-0.2, -0.15) is 13.2 Å². The highest BCUT2D eigenvalue weighted by Gasteiger charge is 2.36. The van der Waals surface area contributed by atoms with Gasteiger partial charge in [0, 0.05) is 5.56 Å². The van der Waals surface area contributed by atoms with E-state index in [1.807, 2.05) is 0 Å². The summed E-state index contributed by atoms with van der Waals surface area (Å²) in [4.78, 5) is 3.54. The smallest absolute Gasteiger partial charge is 0.433 e. The second-order valence-corrected chi connectivity index (χ2v) is 3.81. The number of alkyl halides is 3. The van der Waals surface area contributed by atoms with Gasteiger partial charge in [0.1, 0.15) is 11.4 Å². The van der Waals surface area contributed by atoms with Crippen molar-refractivity contribution in [1.82, 2.24) is 0 Å². The van der Waals surface area contributed by atoms with Crippen LogP contribution in [-0.2, 0) is 0 Å². The van der Waals surface area contributed by atoms with Gasteiger partial charge in [-0.15, -0.1) is 0 Å². The van der Waals surface area contributed by atoms with Crippen LogP contribution in [0.3, 0.4) is 0 Å². The zero-order valence-electron chi connectivity index (χ0n) is 9.72. The molecule has 2 aromatic carbocycles. The van der Waals surface area contributed by atoms with Crippen LogP contribution in [-0.4, -0.2) is 17.0 Å². The largest absolute Gasteiger partial charge is 0.506 e. The Balaban J connectivity index is 2.55. The number of phenols is 1. The number of phenolic OH excluding ortho intramolecular Hbond substituents is 1. The zero-order chi connectivity index (χ0) is 13.9. The maximum atomic E-state index is 13.0. The lowest BCUT2D eigenvalue weighted by Gasteiger charge is -2.11.